The average Bonchev–Trinajstić information content (AvgIpc) is 2.14. The number of ether oxygens (including phenoxy) is 1. The molecule has 0 bridgehead atoms. The van der Waals surface area contributed by atoms with Crippen LogP contribution in [0.25, 0.3) is 0 Å². The Morgan fingerprint density at radius 1 is 1.47 bits per heavy atom. The molecule has 1 atom stereocenters. The molecule has 1 heterocycles. The van der Waals surface area contributed by atoms with E-state index in [-0.39, 0.29) is 5.97 Å². The zero-order chi connectivity index (χ0) is 13.1. The molecule has 0 saturated heterocycles. The van der Waals surface area contributed by atoms with Crippen LogP contribution >= 0.6 is 0 Å². The lowest BCUT2D eigenvalue weighted by atomic mass is 10.1. The Hall–Kier alpha value is -1.42. The Morgan fingerprint density at radius 2 is 2.12 bits per heavy atom. The molecule has 1 aromatic rings. The van der Waals surface area contributed by atoms with Crippen molar-refractivity contribution in [2.45, 2.75) is 45.8 Å². The number of aryl methyl sites for hydroxylation is 1. The molecule has 17 heavy (non-hydrogen) atoms. The summed E-state index contributed by atoms with van der Waals surface area (Å²) in [4.78, 5) is 16.0. The average molecular weight is 236 g/mol. The van der Waals surface area contributed by atoms with E-state index in [2.05, 4.69) is 4.98 Å². The second-order valence-electron chi connectivity index (χ2n) is 5.11. The van der Waals surface area contributed by atoms with Crippen molar-refractivity contribution >= 4 is 5.97 Å². The molecule has 0 aliphatic rings. The molecule has 0 saturated carbocycles. The van der Waals surface area contributed by atoms with Gasteiger partial charge in [0.05, 0.1) is 0 Å². The number of pyridine rings is 1. The van der Waals surface area contributed by atoms with Gasteiger partial charge in [-0.1, -0.05) is 6.07 Å². The first-order valence-corrected chi connectivity index (χ1v) is 5.69. The summed E-state index contributed by atoms with van der Waals surface area (Å²) in [6, 6.07) is 5.00. The van der Waals surface area contributed by atoms with Gasteiger partial charge in [-0.15, -0.1) is 0 Å². The lowest BCUT2D eigenvalue weighted by molar-refractivity contribution is -0.156. The minimum Gasteiger partial charge on any atom is -0.459 e. The fourth-order valence-electron chi connectivity index (χ4n) is 1.40. The van der Waals surface area contributed by atoms with Gasteiger partial charge in [0, 0.05) is 17.8 Å². The van der Waals surface area contributed by atoms with E-state index >= 15 is 0 Å². The van der Waals surface area contributed by atoms with Crippen molar-refractivity contribution in [3.63, 3.8) is 0 Å². The summed E-state index contributed by atoms with van der Waals surface area (Å²) in [5.41, 5.74) is 7.01. The SMILES string of the molecule is Cc1cccc(CC(N)C(=O)OC(C)(C)C)n1. The first kappa shape index (κ1) is 13.6. The smallest absolute Gasteiger partial charge is 0.323 e. The highest BCUT2D eigenvalue weighted by Crippen LogP contribution is 2.09. The standard InChI is InChI=1S/C13H20N2O2/c1-9-6-5-7-10(15-9)8-11(14)12(16)17-13(2,3)4/h5-7,11H,8,14H2,1-4H3. The third-order valence-corrected chi connectivity index (χ3v) is 2.08. The minimum absolute atomic E-state index is 0.388. The Bertz CT molecular complexity index is 397. The van der Waals surface area contributed by atoms with Crippen molar-refractivity contribution in [3.05, 3.63) is 29.6 Å². The fourth-order valence-corrected chi connectivity index (χ4v) is 1.40. The first-order valence-electron chi connectivity index (χ1n) is 5.69. The van der Waals surface area contributed by atoms with Crippen molar-refractivity contribution in [2.75, 3.05) is 0 Å². The van der Waals surface area contributed by atoms with E-state index in [4.69, 9.17) is 10.5 Å². The van der Waals surface area contributed by atoms with Gasteiger partial charge in [0.1, 0.15) is 11.6 Å². The van der Waals surface area contributed by atoms with Crippen LogP contribution in [0.5, 0.6) is 0 Å². The van der Waals surface area contributed by atoms with E-state index < -0.39 is 11.6 Å². The van der Waals surface area contributed by atoms with Crippen LogP contribution in [0.4, 0.5) is 0 Å². The van der Waals surface area contributed by atoms with E-state index in [0.717, 1.165) is 11.4 Å². The number of carbonyl (C=O) groups excluding carboxylic acids is 1. The first-order chi connectivity index (χ1) is 7.78. The van der Waals surface area contributed by atoms with Crippen LogP contribution in [0.2, 0.25) is 0 Å². The highest BCUT2D eigenvalue weighted by atomic mass is 16.6. The summed E-state index contributed by atoms with van der Waals surface area (Å²) >= 11 is 0. The van der Waals surface area contributed by atoms with Gasteiger partial charge < -0.3 is 10.5 Å². The molecule has 0 aliphatic heterocycles. The summed E-state index contributed by atoms with van der Waals surface area (Å²) in [6.45, 7) is 7.37. The molecule has 1 aromatic heterocycles. The maximum absolute atomic E-state index is 11.7. The Balaban J connectivity index is 2.60. The number of nitrogens with zero attached hydrogens (tertiary/aromatic N) is 1. The van der Waals surface area contributed by atoms with Gasteiger partial charge in [-0.2, -0.15) is 0 Å². The molecule has 0 amide bonds. The molecule has 1 rings (SSSR count). The van der Waals surface area contributed by atoms with Crippen LogP contribution in [0, 0.1) is 6.92 Å². The normalized spacial score (nSPS) is 13.2. The van der Waals surface area contributed by atoms with Crippen molar-refractivity contribution in [1.82, 2.24) is 4.98 Å². The molecule has 94 valence electrons. The van der Waals surface area contributed by atoms with Gasteiger partial charge in [0.15, 0.2) is 0 Å². The van der Waals surface area contributed by atoms with Crippen LogP contribution in [0.3, 0.4) is 0 Å². The van der Waals surface area contributed by atoms with Crippen molar-refractivity contribution in [1.29, 1.82) is 0 Å². The number of hydrogen-bond donors (Lipinski definition) is 1. The lowest BCUT2D eigenvalue weighted by Crippen LogP contribution is -2.39. The van der Waals surface area contributed by atoms with Gasteiger partial charge >= 0.3 is 5.97 Å². The molecular formula is C13H20N2O2. The van der Waals surface area contributed by atoms with Gasteiger partial charge in [0.2, 0.25) is 0 Å². The van der Waals surface area contributed by atoms with Crippen LogP contribution in [0.15, 0.2) is 18.2 Å². The third kappa shape index (κ3) is 4.95. The number of esters is 1. The maximum Gasteiger partial charge on any atom is 0.323 e. The van der Waals surface area contributed by atoms with E-state index in [1.54, 1.807) is 0 Å². The monoisotopic (exact) mass is 236 g/mol. The van der Waals surface area contributed by atoms with E-state index in [9.17, 15) is 4.79 Å². The topological polar surface area (TPSA) is 65.2 Å². The quantitative estimate of drug-likeness (QED) is 0.810. The van der Waals surface area contributed by atoms with E-state index in [1.165, 1.54) is 0 Å². The van der Waals surface area contributed by atoms with Crippen LogP contribution in [-0.4, -0.2) is 22.6 Å². The second kappa shape index (κ2) is 5.27. The molecule has 0 aromatic carbocycles. The largest absolute Gasteiger partial charge is 0.459 e. The fraction of sp³-hybridized carbons (Fsp3) is 0.538. The number of carbonyl (C=O) groups is 1. The van der Waals surface area contributed by atoms with Gasteiger partial charge in [-0.3, -0.25) is 9.78 Å². The predicted octanol–water partition coefficient (Wildman–Crippen LogP) is 1.60. The summed E-state index contributed by atoms with van der Waals surface area (Å²) in [5.74, 6) is -0.388. The highest BCUT2D eigenvalue weighted by Gasteiger charge is 2.22. The van der Waals surface area contributed by atoms with Crippen molar-refractivity contribution in [2.24, 2.45) is 5.73 Å². The van der Waals surface area contributed by atoms with Crippen LogP contribution in [0.1, 0.15) is 32.2 Å². The molecule has 2 N–H and O–H groups in total. The number of rotatable bonds is 3. The molecule has 4 nitrogen and oxygen atoms in total. The molecule has 1 unspecified atom stereocenters. The van der Waals surface area contributed by atoms with Crippen molar-refractivity contribution < 1.29 is 9.53 Å². The Morgan fingerprint density at radius 3 is 2.65 bits per heavy atom. The van der Waals surface area contributed by atoms with Crippen LogP contribution < -0.4 is 5.73 Å². The Kier molecular flexibility index (Phi) is 4.23. The molecule has 0 radical (unpaired) electrons. The maximum atomic E-state index is 11.7. The summed E-state index contributed by atoms with van der Waals surface area (Å²) in [6.07, 6.45) is 0.399. The number of nitrogens with two attached hydrogens (primary N) is 1. The van der Waals surface area contributed by atoms with E-state index in [0.29, 0.717) is 6.42 Å². The molecule has 4 heteroatoms. The second-order valence-corrected chi connectivity index (χ2v) is 5.11. The summed E-state index contributed by atoms with van der Waals surface area (Å²) in [7, 11) is 0. The predicted molar refractivity (Wildman–Crippen MR) is 66.5 cm³/mol. The van der Waals surface area contributed by atoms with Gasteiger partial charge in [0.25, 0.3) is 0 Å². The third-order valence-electron chi connectivity index (χ3n) is 2.08. The zero-order valence-electron chi connectivity index (χ0n) is 10.9. The van der Waals surface area contributed by atoms with Crippen molar-refractivity contribution in [3.8, 4) is 0 Å². The molecular weight excluding hydrogens is 216 g/mol. The summed E-state index contributed by atoms with van der Waals surface area (Å²) in [5, 5.41) is 0. The van der Waals surface area contributed by atoms with Crippen LogP contribution in [-0.2, 0) is 16.0 Å². The Labute approximate surface area is 102 Å². The highest BCUT2D eigenvalue weighted by molar-refractivity contribution is 5.76. The summed E-state index contributed by atoms with van der Waals surface area (Å²) < 4.78 is 5.21. The number of hydrogen-bond acceptors (Lipinski definition) is 4. The van der Waals surface area contributed by atoms with E-state index in [1.807, 2.05) is 45.9 Å². The van der Waals surface area contributed by atoms with Gasteiger partial charge in [-0.05, 0) is 39.8 Å². The lowest BCUT2D eigenvalue weighted by Gasteiger charge is -2.22. The molecule has 0 spiro atoms. The van der Waals surface area contributed by atoms with Gasteiger partial charge in [-0.25, -0.2) is 0 Å². The minimum atomic E-state index is -0.663. The zero-order valence-corrected chi connectivity index (χ0v) is 10.9. The molecule has 0 fully saturated rings. The number of aromatic nitrogens is 1. The molecule has 0 aliphatic carbocycles.